The normalized spacial score (nSPS) is 14.5. The van der Waals surface area contributed by atoms with Crippen molar-refractivity contribution in [3.05, 3.63) is 12.1 Å². The number of fused-ring (bicyclic) bond motifs is 1. The molecule has 2 heterocycles. The smallest absolute Gasteiger partial charge is 0.171 e. The van der Waals surface area contributed by atoms with E-state index in [0.717, 1.165) is 18.1 Å². The van der Waals surface area contributed by atoms with E-state index in [1.807, 2.05) is 6.07 Å². The van der Waals surface area contributed by atoms with Crippen LogP contribution in [0.15, 0.2) is 12.1 Å². The molecule has 0 saturated carbocycles. The molecule has 0 aromatic carbocycles. The van der Waals surface area contributed by atoms with Crippen molar-refractivity contribution in [2.24, 2.45) is 0 Å². The van der Waals surface area contributed by atoms with Crippen molar-refractivity contribution in [1.29, 1.82) is 0 Å². The number of aromatic nitrogens is 1. The second kappa shape index (κ2) is 2.30. The summed E-state index contributed by atoms with van der Waals surface area (Å²) in [6.07, 6.45) is 0. The van der Waals surface area contributed by atoms with E-state index in [1.54, 1.807) is 6.07 Å². The number of nitrogen functional groups attached to an aromatic ring is 1. The Balaban J connectivity index is 2.43. The standard InChI is InChI=1S/C7H9N3O/c8-6-2-1-5-7(10-6)9-3-4-11-5/h1-2H,3-4H2,(H3,8,9,10). The molecule has 1 aliphatic rings. The van der Waals surface area contributed by atoms with Crippen molar-refractivity contribution in [3.63, 3.8) is 0 Å². The number of ether oxygens (including phenoxy) is 1. The molecule has 1 aliphatic heterocycles. The second-order valence-corrected chi connectivity index (χ2v) is 2.36. The number of hydrogen-bond donors (Lipinski definition) is 2. The summed E-state index contributed by atoms with van der Waals surface area (Å²) >= 11 is 0. The summed E-state index contributed by atoms with van der Waals surface area (Å²) in [5.74, 6) is 2.04. The fourth-order valence-electron chi connectivity index (χ4n) is 1.04. The van der Waals surface area contributed by atoms with Crippen LogP contribution in [0.25, 0.3) is 0 Å². The predicted molar refractivity (Wildman–Crippen MR) is 42.6 cm³/mol. The van der Waals surface area contributed by atoms with Crippen molar-refractivity contribution < 1.29 is 4.74 Å². The van der Waals surface area contributed by atoms with Crippen LogP contribution >= 0.6 is 0 Å². The number of pyridine rings is 1. The SMILES string of the molecule is Nc1ccc2c(n1)NCCO2. The molecule has 2 rings (SSSR count). The van der Waals surface area contributed by atoms with Gasteiger partial charge in [0.05, 0.1) is 6.54 Å². The lowest BCUT2D eigenvalue weighted by molar-refractivity contribution is 0.321. The van der Waals surface area contributed by atoms with Crippen LogP contribution in [-0.4, -0.2) is 18.1 Å². The van der Waals surface area contributed by atoms with E-state index in [9.17, 15) is 0 Å². The van der Waals surface area contributed by atoms with Gasteiger partial charge in [0.1, 0.15) is 12.4 Å². The number of nitrogens with one attached hydrogen (secondary N) is 1. The molecule has 0 spiro atoms. The fraction of sp³-hybridized carbons (Fsp3) is 0.286. The Morgan fingerprint density at radius 1 is 1.55 bits per heavy atom. The highest BCUT2D eigenvalue weighted by atomic mass is 16.5. The molecule has 0 atom stereocenters. The first-order chi connectivity index (χ1) is 5.36. The maximum atomic E-state index is 5.48. The molecule has 0 saturated heterocycles. The average molecular weight is 151 g/mol. The molecular formula is C7H9N3O. The molecule has 11 heavy (non-hydrogen) atoms. The molecule has 3 N–H and O–H groups in total. The molecule has 1 aromatic heterocycles. The minimum atomic E-state index is 0.516. The minimum Gasteiger partial charge on any atom is -0.488 e. The lowest BCUT2D eigenvalue weighted by Gasteiger charge is -2.17. The van der Waals surface area contributed by atoms with Crippen molar-refractivity contribution >= 4 is 11.6 Å². The summed E-state index contributed by atoms with van der Waals surface area (Å²) in [7, 11) is 0. The van der Waals surface area contributed by atoms with Crippen molar-refractivity contribution in [2.45, 2.75) is 0 Å². The van der Waals surface area contributed by atoms with Crippen molar-refractivity contribution in [1.82, 2.24) is 4.98 Å². The van der Waals surface area contributed by atoms with Crippen molar-refractivity contribution in [3.8, 4) is 5.75 Å². The lowest BCUT2D eigenvalue weighted by Crippen LogP contribution is -2.19. The van der Waals surface area contributed by atoms with E-state index >= 15 is 0 Å². The molecule has 0 radical (unpaired) electrons. The highest BCUT2D eigenvalue weighted by Crippen LogP contribution is 2.24. The topological polar surface area (TPSA) is 60.2 Å². The Hall–Kier alpha value is -1.45. The maximum absolute atomic E-state index is 5.48. The monoisotopic (exact) mass is 151 g/mol. The van der Waals surface area contributed by atoms with Gasteiger partial charge >= 0.3 is 0 Å². The van der Waals surface area contributed by atoms with Gasteiger partial charge in [-0.15, -0.1) is 0 Å². The molecule has 0 bridgehead atoms. The zero-order valence-corrected chi connectivity index (χ0v) is 6.00. The van der Waals surface area contributed by atoms with E-state index < -0.39 is 0 Å². The van der Waals surface area contributed by atoms with Gasteiger partial charge in [-0.1, -0.05) is 0 Å². The summed E-state index contributed by atoms with van der Waals surface area (Å²) in [5.41, 5.74) is 5.48. The van der Waals surface area contributed by atoms with E-state index in [-0.39, 0.29) is 0 Å². The first kappa shape index (κ1) is 6.27. The predicted octanol–water partition coefficient (Wildman–Crippen LogP) is 0.468. The largest absolute Gasteiger partial charge is 0.488 e. The van der Waals surface area contributed by atoms with E-state index in [0.29, 0.717) is 12.4 Å². The number of anilines is 2. The van der Waals surface area contributed by atoms with Crippen LogP contribution in [0, 0.1) is 0 Å². The summed E-state index contributed by atoms with van der Waals surface area (Å²) in [6.45, 7) is 1.49. The van der Waals surface area contributed by atoms with Crippen LogP contribution in [0.4, 0.5) is 11.6 Å². The van der Waals surface area contributed by atoms with E-state index in [4.69, 9.17) is 10.5 Å². The Kier molecular flexibility index (Phi) is 1.31. The van der Waals surface area contributed by atoms with Crippen LogP contribution in [0.2, 0.25) is 0 Å². The summed E-state index contributed by atoms with van der Waals surface area (Å²) in [6, 6.07) is 3.55. The van der Waals surface area contributed by atoms with E-state index in [1.165, 1.54) is 0 Å². The molecule has 4 nitrogen and oxygen atoms in total. The third-order valence-corrected chi connectivity index (χ3v) is 1.53. The van der Waals surface area contributed by atoms with Gasteiger partial charge in [0.2, 0.25) is 0 Å². The van der Waals surface area contributed by atoms with Crippen LogP contribution in [0.1, 0.15) is 0 Å². The van der Waals surface area contributed by atoms with Gasteiger partial charge in [0.15, 0.2) is 11.6 Å². The Labute approximate surface area is 64.4 Å². The first-order valence-electron chi connectivity index (χ1n) is 3.49. The quantitative estimate of drug-likeness (QED) is 0.565. The van der Waals surface area contributed by atoms with Gasteiger partial charge in [-0.3, -0.25) is 0 Å². The van der Waals surface area contributed by atoms with Crippen LogP contribution in [-0.2, 0) is 0 Å². The fourth-order valence-corrected chi connectivity index (χ4v) is 1.04. The van der Waals surface area contributed by atoms with Crippen LogP contribution < -0.4 is 15.8 Å². The average Bonchev–Trinajstić information content (AvgIpc) is 2.04. The molecule has 0 aliphatic carbocycles. The Morgan fingerprint density at radius 2 is 2.45 bits per heavy atom. The van der Waals surface area contributed by atoms with Crippen molar-refractivity contribution in [2.75, 3.05) is 24.2 Å². The number of rotatable bonds is 0. The summed E-state index contributed by atoms with van der Waals surface area (Å²) in [5, 5.41) is 3.09. The number of nitrogens with two attached hydrogens (primary N) is 1. The summed E-state index contributed by atoms with van der Waals surface area (Å²) < 4.78 is 5.30. The third kappa shape index (κ3) is 1.07. The zero-order chi connectivity index (χ0) is 7.68. The van der Waals surface area contributed by atoms with Gasteiger partial charge in [-0.05, 0) is 12.1 Å². The molecule has 0 amide bonds. The van der Waals surface area contributed by atoms with E-state index in [2.05, 4.69) is 10.3 Å². The molecule has 4 heteroatoms. The van der Waals surface area contributed by atoms with Gasteiger partial charge < -0.3 is 15.8 Å². The number of hydrogen-bond acceptors (Lipinski definition) is 4. The first-order valence-corrected chi connectivity index (χ1v) is 3.49. The molecular weight excluding hydrogens is 142 g/mol. The van der Waals surface area contributed by atoms with Crippen LogP contribution in [0.3, 0.4) is 0 Å². The highest BCUT2D eigenvalue weighted by molar-refractivity contribution is 5.55. The highest BCUT2D eigenvalue weighted by Gasteiger charge is 2.09. The third-order valence-electron chi connectivity index (χ3n) is 1.53. The van der Waals surface area contributed by atoms with Gasteiger partial charge in [0.25, 0.3) is 0 Å². The molecule has 58 valence electrons. The van der Waals surface area contributed by atoms with Gasteiger partial charge in [-0.2, -0.15) is 0 Å². The minimum absolute atomic E-state index is 0.516. The Bertz CT molecular complexity index is 274. The number of nitrogens with zero attached hydrogens (tertiary/aromatic N) is 1. The molecule has 1 aromatic rings. The van der Waals surface area contributed by atoms with Gasteiger partial charge in [0, 0.05) is 0 Å². The summed E-state index contributed by atoms with van der Waals surface area (Å²) in [4.78, 5) is 4.06. The molecule has 0 unspecified atom stereocenters. The van der Waals surface area contributed by atoms with Crippen LogP contribution in [0.5, 0.6) is 5.75 Å². The zero-order valence-electron chi connectivity index (χ0n) is 6.00. The second-order valence-electron chi connectivity index (χ2n) is 2.36. The molecule has 0 fully saturated rings. The van der Waals surface area contributed by atoms with Gasteiger partial charge in [-0.25, -0.2) is 4.98 Å². The maximum Gasteiger partial charge on any atom is 0.171 e. The Morgan fingerprint density at radius 3 is 3.36 bits per heavy atom. The lowest BCUT2D eigenvalue weighted by atomic mass is 10.3.